The SMILES string of the molecule is CSCC(C)N(C)CCC(O)c1ccc(Br)cc1. The van der Waals surface area contributed by atoms with E-state index in [4.69, 9.17) is 0 Å². The maximum Gasteiger partial charge on any atom is 0.0802 e. The Kier molecular flexibility index (Phi) is 7.30. The highest BCUT2D eigenvalue weighted by molar-refractivity contribution is 9.10. The fourth-order valence-electron chi connectivity index (χ4n) is 1.77. The summed E-state index contributed by atoms with van der Waals surface area (Å²) in [5.74, 6) is 1.13. The van der Waals surface area contributed by atoms with Gasteiger partial charge in [0.25, 0.3) is 0 Å². The minimum Gasteiger partial charge on any atom is -0.388 e. The Morgan fingerprint density at radius 1 is 1.33 bits per heavy atom. The maximum atomic E-state index is 10.1. The molecule has 0 heterocycles. The summed E-state index contributed by atoms with van der Waals surface area (Å²) < 4.78 is 1.05. The lowest BCUT2D eigenvalue weighted by molar-refractivity contribution is 0.142. The van der Waals surface area contributed by atoms with Crippen molar-refractivity contribution in [2.45, 2.75) is 25.5 Å². The van der Waals surface area contributed by atoms with Crippen LogP contribution in [0.25, 0.3) is 0 Å². The Balaban J connectivity index is 2.41. The van der Waals surface area contributed by atoms with Gasteiger partial charge in [0.05, 0.1) is 6.10 Å². The highest BCUT2D eigenvalue weighted by Crippen LogP contribution is 2.20. The molecule has 0 amide bonds. The average molecular weight is 332 g/mol. The van der Waals surface area contributed by atoms with Crippen LogP contribution >= 0.6 is 27.7 Å². The second kappa shape index (κ2) is 8.20. The summed E-state index contributed by atoms with van der Waals surface area (Å²) in [5.41, 5.74) is 0.990. The van der Waals surface area contributed by atoms with E-state index in [1.54, 1.807) is 0 Å². The van der Waals surface area contributed by atoms with Crippen molar-refractivity contribution in [3.05, 3.63) is 34.3 Å². The van der Waals surface area contributed by atoms with Gasteiger partial charge in [-0.3, -0.25) is 0 Å². The topological polar surface area (TPSA) is 23.5 Å². The van der Waals surface area contributed by atoms with Gasteiger partial charge in [0.1, 0.15) is 0 Å². The Morgan fingerprint density at radius 2 is 1.94 bits per heavy atom. The Bertz CT molecular complexity index is 344. The van der Waals surface area contributed by atoms with Crippen LogP contribution < -0.4 is 0 Å². The summed E-state index contributed by atoms with van der Waals surface area (Å²) in [6, 6.07) is 8.44. The van der Waals surface area contributed by atoms with E-state index in [1.165, 1.54) is 0 Å². The monoisotopic (exact) mass is 331 g/mol. The number of hydrogen-bond acceptors (Lipinski definition) is 3. The molecule has 1 aromatic rings. The third-order valence-corrected chi connectivity index (χ3v) is 4.51. The van der Waals surface area contributed by atoms with Gasteiger partial charge < -0.3 is 10.0 Å². The molecule has 0 saturated carbocycles. The van der Waals surface area contributed by atoms with Crippen molar-refractivity contribution in [1.29, 1.82) is 0 Å². The molecule has 18 heavy (non-hydrogen) atoms. The predicted octanol–water partition coefficient (Wildman–Crippen LogP) is 3.56. The molecule has 0 bridgehead atoms. The van der Waals surface area contributed by atoms with E-state index >= 15 is 0 Å². The molecule has 0 aliphatic carbocycles. The zero-order valence-electron chi connectivity index (χ0n) is 11.3. The minimum absolute atomic E-state index is 0.373. The van der Waals surface area contributed by atoms with E-state index in [2.05, 4.69) is 41.1 Å². The van der Waals surface area contributed by atoms with Crippen LogP contribution in [0.4, 0.5) is 0 Å². The Morgan fingerprint density at radius 3 is 2.50 bits per heavy atom. The lowest BCUT2D eigenvalue weighted by Gasteiger charge is -2.25. The molecule has 1 rings (SSSR count). The molecule has 0 aliphatic heterocycles. The fourth-order valence-corrected chi connectivity index (χ4v) is 2.77. The smallest absolute Gasteiger partial charge is 0.0802 e. The first-order chi connectivity index (χ1) is 8.54. The summed E-state index contributed by atoms with van der Waals surface area (Å²) in [5, 5.41) is 10.1. The van der Waals surface area contributed by atoms with Crippen molar-refractivity contribution in [2.24, 2.45) is 0 Å². The van der Waals surface area contributed by atoms with Crippen LogP contribution in [0.5, 0.6) is 0 Å². The number of benzene rings is 1. The van der Waals surface area contributed by atoms with E-state index in [0.29, 0.717) is 6.04 Å². The zero-order valence-corrected chi connectivity index (χ0v) is 13.7. The molecule has 0 saturated heterocycles. The first kappa shape index (κ1) is 16.0. The van der Waals surface area contributed by atoms with Crippen molar-refractivity contribution in [1.82, 2.24) is 4.90 Å². The molecule has 0 aliphatic rings. The van der Waals surface area contributed by atoms with Gasteiger partial charge >= 0.3 is 0 Å². The molecule has 2 unspecified atom stereocenters. The van der Waals surface area contributed by atoms with Crippen LogP contribution in [0.3, 0.4) is 0 Å². The van der Waals surface area contributed by atoms with Crippen LogP contribution in [-0.4, -0.2) is 41.6 Å². The minimum atomic E-state index is -0.373. The molecule has 102 valence electrons. The third-order valence-electron chi connectivity index (χ3n) is 3.17. The third kappa shape index (κ3) is 5.31. The van der Waals surface area contributed by atoms with Crippen molar-refractivity contribution < 1.29 is 5.11 Å². The van der Waals surface area contributed by atoms with E-state index in [0.717, 1.165) is 28.8 Å². The molecule has 2 atom stereocenters. The highest BCUT2D eigenvalue weighted by Gasteiger charge is 2.12. The summed E-state index contributed by atoms with van der Waals surface area (Å²) in [7, 11) is 2.12. The van der Waals surface area contributed by atoms with Crippen molar-refractivity contribution in [2.75, 3.05) is 25.6 Å². The number of halogens is 1. The molecule has 1 N–H and O–H groups in total. The van der Waals surface area contributed by atoms with Crippen LogP contribution in [0.2, 0.25) is 0 Å². The molecule has 0 aromatic heterocycles. The van der Waals surface area contributed by atoms with Crippen LogP contribution in [0.1, 0.15) is 25.0 Å². The van der Waals surface area contributed by atoms with Crippen molar-refractivity contribution in [3.8, 4) is 0 Å². The van der Waals surface area contributed by atoms with E-state index in [-0.39, 0.29) is 6.10 Å². The van der Waals surface area contributed by atoms with Gasteiger partial charge in [0.15, 0.2) is 0 Å². The number of thioether (sulfide) groups is 1. The van der Waals surface area contributed by atoms with E-state index < -0.39 is 0 Å². The number of rotatable bonds is 7. The van der Waals surface area contributed by atoms with Gasteiger partial charge in [-0.1, -0.05) is 28.1 Å². The fraction of sp³-hybridized carbons (Fsp3) is 0.571. The van der Waals surface area contributed by atoms with Crippen LogP contribution in [-0.2, 0) is 0 Å². The predicted molar refractivity (Wildman–Crippen MR) is 84.2 cm³/mol. The van der Waals surface area contributed by atoms with Gasteiger partial charge in [-0.05, 0) is 44.3 Å². The van der Waals surface area contributed by atoms with Crippen LogP contribution in [0, 0.1) is 0 Å². The molecular weight excluding hydrogens is 310 g/mol. The standard InChI is InChI=1S/C14H22BrNOS/c1-11(10-18-3)16(2)9-8-14(17)12-4-6-13(15)7-5-12/h4-7,11,14,17H,8-10H2,1-3H3. The van der Waals surface area contributed by atoms with E-state index in [9.17, 15) is 5.11 Å². The second-order valence-electron chi connectivity index (χ2n) is 4.64. The van der Waals surface area contributed by atoms with Crippen LogP contribution in [0.15, 0.2) is 28.7 Å². The number of aliphatic hydroxyl groups is 1. The first-order valence-electron chi connectivity index (χ1n) is 6.17. The zero-order chi connectivity index (χ0) is 13.5. The van der Waals surface area contributed by atoms with Gasteiger partial charge in [-0.25, -0.2) is 0 Å². The molecular formula is C14H22BrNOS. The molecule has 0 fully saturated rings. The summed E-state index contributed by atoms with van der Waals surface area (Å²) in [4.78, 5) is 2.30. The van der Waals surface area contributed by atoms with Gasteiger partial charge in [-0.15, -0.1) is 0 Å². The molecule has 0 radical (unpaired) electrons. The summed E-state index contributed by atoms with van der Waals surface area (Å²) in [6.45, 7) is 3.14. The van der Waals surface area contributed by atoms with Gasteiger partial charge in [0.2, 0.25) is 0 Å². The number of nitrogens with zero attached hydrogens (tertiary/aromatic N) is 1. The molecule has 2 nitrogen and oxygen atoms in total. The van der Waals surface area contributed by atoms with Gasteiger partial charge in [0, 0.05) is 22.8 Å². The maximum absolute atomic E-state index is 10.1. The highest BCUT2D eigenvalue weighted by atomic mass is 79.9. The average Bonchev–Trinajstić information content (AvgIpc) is 2.36. The summed E-state index contributed by atoms with van der Waals surface area (Å²) >= 11 is 5.26. The Hall–Kier alpha value is -0.0300. The normalized spacial score (nSPS) is 14.8. The largest absolute Gasteiger partial charge is 0.388 e. The lowest BCUT2D eigenvalue weighted by Crippen LogP contribution is -2.32. The van der Waals surface area contributed by atoms with E-state index in [1.807, 2.05) is 36.0 Å². The quantitative estimate of drug-likeness (QED) is 0.826. The number of hydrogen-bond donors (Lipinski definition) is 1. The van der Waals surface area contributed by atoms with Crippen molar-refractivity contribution >= 4 is 27.7 Å². The first-order valence-corrected chi connectivity index (χ1v) is 8.36. The molecule has 4 heteroatoms. The lowest BCUT2D eigenvalue weighted by atomic mass is 10.1. The molecule has 0 spiro atoms. The molecule has 1 aromatic carbocycles. The van der Waals surface area contributed by atoms with Gasteiger partial charge in [-0.2, -0.15) is 11.8 Å². The van der Waals surface area contributed by atoms with Crippen molar-refractivity contribution in [3.63, 3.8) is 0 Å². The Labute approximate surface area is 123 Å². The second-order valence-corrected chi connectivity index (χ2v) is 6.47. The number of aliphatic hydroxyl groups excluding tert-OH is 1. The summed E-state index contributed by atoms with van der Waals surface area (Å²) in [6.07, 6.45) is 2.53.